The van der Waals surface area contributed by atoms with Gasteiger partial charge in [-0.1, -0.05) is 19.3 Å². The van der Waals surface area contributed by atoms with Gasteiger partial charge in [-0.15, -0.1) is 20.4 Å². The highest BCUT2D eigenvalue weighted by atomic mass is 15.4. The maximum atomic E-state index is 4.45. The third-order valence-corrected chi connectivity index (χ3v) is 4.97. The first-order valence-corrected chi connectivity index (χ1v) is 8.53. The molecule has 126 valence electrons. The lowest BCUT2D eigenvalue weighted by molar-refractivity contribution is 0.346. The van der Waals surface area contributed by atoms with E-state index in [0.29, 0.717) is 12.6 Å². The Morgan fingerprint density at radius 1 is 1.08 bits per heavy atom. The molecule has 8 heteroatoms. The van der Waals surface area contributed by atoms with Gasteiger partial charge in [0.25, 0.3) is 0 Å². The van der Waals surface area contributed by atoms with Crippen LogP contribution in [0.25, 0.3) is 5.65 Å². The molecule has 0 aromatic carbocycles. The molecule has 3 heterocycles. The van der Waals surface area contributed by atoms with E-state index in [1.807, 2.05) is 20.2 Å². The molecule has 1 aliphatic rings. The number of nitrogens with one attached hydrogen (secondary N) is 1. The maximum absolute atomic E-state index is 4.45. The van der Waals surface area contributed by atoms with E-state index in [1.165, 1.54) is 32.1 Å². The van der Waals surface area contributed by atoms with E-state index < -0.39 is 0 Å². The Balaban J connectivity index is 1.59. The van der Waals surface area contributed by atoms with Crippen LogP contribution in [0.5, 0.6) is 0 Å². The van der Waals surface area contributed by atoms with Crippen LogP contribution in [0.3, 0.4) is 0 Å². The van der Waals surface area contributed by atoms with E-state index in [0.717, 1.165) is 28.4 Å². The summed E-state index contributed by atoms with van der Waals surface area (Å²) in [4.78, 5) is 0. The molecule has 3 aromatic rings. The Morgan fingerprint density at radius 3 is 2.71 bits per heavy atom. The third kappa shape index (κ3) is 2.61. The molecular formula is C16H22N8. The summed E-state index contributed by atoms with van der Waals surface area (Å²) in [6.07, 6.45) is 9.84. The molecule has 0 aliphatic heterocycles. The van der Waals surface area contributed by atoms with E-state index in [2.05, 4.69) is 35.4 Å². The highest BCUT2D eigenvalue weighted by Gasteiger charge is 2.19. The Hall–Kier alpha value is -2.51. The summed E-state index contributed by atoms with van der Waals surface area (Å²) in [5, 5.41) is 24.5. The lowest BCUT2D eigenvalue weighted by atomic mass is 9.95. The molecule has 1 fully saturated rings. The second kappa shape index (κ2) is 6.18. The molecule has 0 atom stereocenters. The summed E-state index contributed by atoms with van der Waals surface area (Å²) in [7, 11) is 0. The molecule has 1 aliphatic carbocycles. The zero-order chi connectivity index (χ0) is 16.5. The van der Waals surface area contributed by atoms with Crippen LogP contribution in [0, 0.1) is 13.8 Å². The monoisotopic (exact) mass is 326 g/mol. The van der Waals surface area contributed by atoms with Crippen LogP contribution in [0.15, 0.2) is 12.7 Å². The Kier molecular flexibility index (Phi) is 3.87. The molecule has 0 bridgehead atoms. The van der Waals surface area contributed by atoms with Gasteiger partial charge in [0.05, 0.1) is 17.9 Å². The summed E-state index contributed by atoms with van der Waals surface area (Å²) < 4.78 is 3.94. The number of hydrogen-bond acceptors (Lipinski definition) is 6. The normalized spacial score (nSPS) is 15.9. The smallest absolute Gasteiger partial charge is 0.200 e. The number of anilines is 1. The minimum atomic E-state index is 0.527. The number of rotatable bonds is 4. The fourth-order valence-electron chi connectivity index (χ4n) is 3.49. The van der Waals surface area contributed by atoms with Crippen LogP contribution < -0.4 is 5.32 Å². The SMILES string of the molecule is Cc1nn2cnnc2c(NCc2nncn2C2CCCCC2)c1C. The van der Waals surface area contributed by atoms with Gasteiger partial charge in [-0.05, 0) is 32.3 Å². The lowest BCUT2D eigenvalue weighted by Crippen LogP contribution is -2.17. The van der Waals surface area contributed by atoms with Gasteiger partial charge in [0, 0.05) is 6.04 Å². The molecule has 24 heavy (non-hydrogen) atoms. The Morgan fingerprint density at radius 2 is 1.88 bits per heavy atom. The summed E-state index contributed by atoms with van der Waals surface area (Å²) in [6, 6.07) is 0.527. The van der Waals surface area contributed by atoms with E-state index in [-0.39, 0.29) is 0 Å². The quantitative estimate of drug-likeness (QED) is 0.792. The van der Waals surface area contributed by atoms with Crippen molar-refractivity contribution in [3.8, 4) is 0 Å². The van der Waals surface area contributed by atoms with Crippen LogP contribution in [-0.2, 0) is 6.54 Å². The number of hydrogen-bond donors (Lipinski definition) is 1. The topological polar surface area (TPSA) is 85.8 Å². The molecule has 0 radical (unpaired) electrons. The fourth-order valence-corrected chi connectivity index (χ4v) is 3.49. The van der Waals surface area contributed by atoms with Crippen LogP contribution in [0.2, 0.25) is 0 Å². The number of aryl methyl sites for hydroxylation is 1. The van der Waals surface area contributed by atoms with Crippen molar-refractivity contribution in [2.45, 2.75) is 58.5 Å². The van der Waals surface area contributed by atoms with E-state index >= 15 is 0 Å². The second-order valence-corrected chi connectivity index (χ2v) is 6.48. The zero-order valence-electron chi connectivity index (χ0n) is 14.1. The molecule has 1 N–H and O–H groups in total. The molecule has 0 amide bonds. The average Bonchev–Trinajstić information content (AvgIpc) is 3.25. The van der Waals surface area contributed by atoms with Gasteiger partial charge in [-0.3, -0.25) is 0 Å². The van der Waals surface area contributed by atoms with Gasteiger partial charge in [-0.2, -0.15) is 9.61 Å². The van der Waals surface area contributed by atoms with Crippen LogP contribution >= 0.6 is 0 Å². The first-order chi connectivity index (χ1) is 11.7. The van der Waals surface area contributed by atoms with Crippen LogP contribution in [0.1, 0.15) is 55.2 Å². The first kappa shape index (κ1) is 15.0. The molecule has 0 saturated heterocycles. The van der Waals surface area contributed by atoms with Crippen molar-refractivity contribution < 1.29 is 0 Å². The van der Waals surface area contributed by atoms with Crippen molar-refractivity contribution in [3.05, 3.63) is 29.7 Å². The van der Waals surface area contributed by atoms with Crippen molar-refractivity contribution in [1.29, 1.82) is 0 Å². The highest BCUT2D eigenvalue weighted by Crippen LogP contribution is 2.29. The van der Waals surface area contributed by atoms with Crippen molar-refractivity contribution in [2.24, 2.45) is 0 Å². The highest BCUT2D eigenvalue weighted by molar-refractivity contribution is 5.70. The van der Waals surface area contributed by atoms with E-state index in [9.17, 15) is 0 Å². The summed E-state index contributed by atoms with van der Waals surface area (Å²) in [5.74, 6) is 0.966. The Labute approximate surface area is 140 Å². The van der Waals surface area contributed by atoms with Crippen molar-refractivity contribution in [3.63, 3.8) is 0 Å². The molecule has 3 aromatic heterocycles. The minimum absolute atomic E-state index is 0.527. The molecule has 4 rings (SSSR count). The minimum Gasteiger partial charge on any atom is -0.374 e. The molecular weight excluding hydrogens is 304 g/mol. The standard InChI is InChI=1S/C16H22N8/c1-11-12(2)22-24-10-19-21-16(24)15(11)17-8-14-20-18-9-23(14)13-6-4-3-5-7-13/h9-10,13,17H,3-8H2,1-2H3. The van der Waals surface area contributed by atoms with Gasteiger partial charge in [0.2, 0.25) is 5.65 Å². The fraction of sp³-hybridized carbons (Fsp3) is 0.562. The van der Waals surface area contributed by atoms with Crippen molar-refractivity contribution in [1.82, 2.24) is 34.6 Å². The summed E-state index contributed by atoms with van der Waals surface area (Å²) >= 11 is 0. The second-order valence-electron chi connectivity index (χ2n) is 6.48. The first-order valence-electron chi connectivity index (χ1n) is 8.53. The number of nitrogens with zero attached hydrogens (tertiary/aromatic N) is 7. The van der Waals surface area contributed by atoms with Crippen molar-refractivity contribution in [2.75, 3.05) is 5.32 Å². The maximum Gasteiger partial charge on any atom is 0.200 e. The molecule has 0 spiro atoms. The summed E-state index contributed by atoms with van der Waals surface area (Å²) in [5.41, 5.74) is 3.73. The van der Waals surface area contributed by atoms with E-state index in [1.54, 1.807) is 10.8 Å². The third-order valence-electron chi connectivity index (χ3n) is 4.97. The van der Waals surface area contributed by atoms with Gasteiger partial charge in [0.1, 0.15) is 12.7 Å². The molecule has 8 nitrogen and oxygen atoms in total. The van der Waals surface area contributed by atoms with Gasteiger partial charge < -0.3 is 9.88 Å². The predicted molar refractivity (Wildman–Crippen MR) is 89.7 cm³/mol. The number of aromatic nitrogens is 7. The van der Waals surface area contributed by atoms with Gasteiger partial charge in [-0.25, -0.2) is 0 Å². The van der Waals surface area contributed by atoms with E-state index in [4.69, 9.17) is 0 Å². The summed E-state index contributed by atoms with van der Waals surface area (Å²) in [6.45, 7) is 4.65. The predicted octanol–water partition coefficient (Wildman–Crippen LogP) is 2.45. The van der Waals surface area contributed by atoms with Gasteiger partial charge in [0.15, 0.2) is 5.82 Å². The zero-order valence-corrected chi connectivity index (χ0v) is 14.1. The van der Waals surface area contributed by atoms with Crippen LogP contribution in [0.4, 0.5) is 5.69 Å². The average molecular weight is 326 g/mol. The lowest BCUT2D eigenvalue weighted by Gasteiger charge is -2.24. The molecule has 1 saturated carbocycles. The molecule has 0 unspecified atom stereocenters. The van der Waals surface area contributed by atoms with Gasteiger partial charge >= 0.3 is 0 Å². The van der Waals surface area contributed by atoms with Crippen LogP contribution in [-0.4, -0.2) is 34.6 Å². The largest absolute Gasteiger partial charge is 0.374 e. The number of fused-ring (bicyclic) bond motifs is 1. The van der Waals surface area contributed by atoms with Crippen molar-refractivity contribution >= 4 is 11.3 Å². The Bertz CT molecular complexity index is 843.